The lowest BCUT2D eigenvalue weighted by Crippen LogP contribution is -2.46. The van der Waals surface area contributed by atoms with Crippen LogP contribution in [-0.2, 0) is 23.9 Å². The van der Waals surface area contributed by atoms with Gasteiger partial charge in [0.05, 0.1) is 0 Å². The van der Waals surface area contributed by atoms with E-state index in [4.69, 9.17) is 14.6 Å². The van der Waals surface area contributed by atoms with E-state index in [9.17, 15) is 14.4 Å². The number of nitrogens with zero attached hydrogens (tertiary/aromatic N) is 1. The maximum atomic E-state index is 12.4. The number of carbonyl (C=O) groups is 3. The van der Waals surface area contributed by atoms with Crippen LogP contribution >= 0.6 is 15.9 Å². The van der Waals surface area contributed by atoms with Crippen molar-refractivity contribution in [1.29, 1.82) is 0 Å². The monoisotopic (exact) mass is 478 g/mol. The zero-order valence-electron chi connectivity index (χ0n) is 16.4. The van der Waals surface area contributed by atoms with E-state index in [0.717, 1.165) is 10.0 Å². The Bertz CT molecular complexity index is 876. The zero-order chi connectivity index (χ0) is 21.7. The number of allylic oxidation sites excluding steroid dienone is 1. The van der Waals surface area contributed by atoms with Crippen molar-refractivity contribution in [3.05, 3.63) is 58.5 Å². The quantitative estimate of drug-likeness (QED) is 0.608. The van der Waals surface area contributed by atoms with Gasteiger partial charge in [0.2, 0.25) is 11.8 Å². The van der Waals surface area contributed by atoms with Crippen LogP contribution in [0.1, 0.15) is 31.6 Å². The lowest BCUT2D eigenvalue weighted by molar-refractivity contribution is -0.142. The van der Waals surface area contributed by atoms with Crippen LogP contribution in [0.5, 0.6) is 0 Å². The van der Waals surface area contributed by atoms with Gasteiger partial charge >= 0.3 is 5.97 Å². The van der Waals surface area contributed by atoms with Gasteiger partial charge in [-0.1, -0.05) is 34.1 Å². The molecule has 9 heteroatoms. The molecule has 0 radical (unpaired) electrons. The van der Waals surface area contributed by atoms with E-state index in [1.807, 2.05) is 24.3 Å². The fourth-order valence-corrected chi connectivity index (χ4v) is 3.68. The molecule has 1 aromatic rings. The van der Waals surface area contributed by atoms with E-state index in [-0.39, 0.29) is 17.7 Å². The summed E-state index contributed by atoms with van der Waals surface area (Å²) in [6.07, 6.45) is 4.86. The van der Waals surface area contributed by atoms with Gasteiger partial charge in [0.15, 0.2) is 5.76 Å². The van der Waals surface area contributed by atoms with Crippen molar-refractivity contribution in [3.8, 4) is 0 Å². The first kappa shape index (κ1) is 21.9. The Morgan fingerprint density at radius 3 is 2.63 bits per heavy atom. The predicted octanol–water partition coefficient (Wildman–Crippen LogP) is 2.72. The molecule has 0 saturated carbocycles. The smallest absolute Gasteiger partial charge is 0.325 e. The highest BCUT2D eigenvalue weighted by atomic mass is 79.9. The number of carbonyl (C=O) groups excluding carboxylic acids is 2. The molecule has 8 nitrogen and oxygen atoms in total. The number of carboxylic acid groups (broad SMARTS) is 1. The van der Waals surface area contributed by atoms with Crippen molar-refractivity contribution >= 4 is 33.7 Å². The van der Waals surface area contributed by atoms with Gasteiger partial charge in [0.25, 0.3) is 6.29 Å². The van der Waals surface area contributed by atoms with Gasteiger partial charge < -0.3 is 24.8 Å². The third-order valence-electron chi connectivity index (χ3n) is 5.01. The largest absolute Gasteiger partial charge is 0.480 e. The van der Waals surface area contributed by atoms with E-state index < -0.39 is 18.3 Å². The molecular weight excluding hydrogens is 456 g/mol. The highest BCUT2D eigenvalue weighted by molar-refractivity contribution is 9.10. The lowest BCUT2D eigenvalue weighted by Gasteiger charge is -2.31. The lowest BCUT2D eigenvalue weighted by atomic mass is 9.95. The molecule has 1 saturated heterocycles. The van der Waals surface area contributed by atoms with E-state index in [1.54, 1.807) is 11.0 Å². The van der Waals surface area contributed by atoms with Gasteiger partial charge in [-0.15, -0.1) is 0 Å². The van der Waals surface area contributed by atoms with Crippen LogP contribution in [0, 0.1) is 5.92 Å². The number of halogens is 1. The Kier molecular flexibility index (Phi) is 7.15. The van der Waals surface area contributed by atoms with Gasteiger partial charge in [-0.2, -0.15) is 0 Å². The van der Waals surface area contributed by atoms with Gasteiger partial charge in [-0.05, 0) is 31.9 Å². The molecule has 0 aromatic heterocycles. The number of amides is 2. The van der Waals surface area contributed by atoms with E-state index in [2.05, 4.69) is 21.2 Å². The normalized spacial score (nSPS) is 20.3. The third kappa shape index (κ3) is 5.41. The summed E-state index contributed by atoms with van der Waals surface area (Å²) in [6, 6.07) is 6.64. The second kappa shape index (κ2) is 9.80. The minimum atomic E-state index is -1.07. The minimum absolute atomic E-state index is 0.179. The standard InChI is InChI=1S/C21H23BrN2O6/c1-13(20(27)28)23-19(26)14-8-10-24(11-9-14)18(25)7-6-15-12-29-21(30-15)16-4-2-3-5-17(16)22/h2-7,12-14,21H,8-11H2,1H3,(H,23,26)(H,27,28). The molecule has 2 N–H and O–H groups in total. The average molecular weight is 479 g/mol. The molecule has 2 aliphatic heterocycles. The topological polar surface area (TPSA) is 105 Å². The molecule has 0 spiro atoms. The zero-order valence-corrected chi connectivity index (χ0v) is 18.0. The fraction of sp³-hybridized carbons (Fsp3) is 0.381. The van der Waals surface area contributed by atoms with Crippen LogP contribution in [0.2, 0.25) is 0 Å². The third-order valence-corrected chi connectivity index (χ3v) is 5.73. The van der Waals surface area contributed by atoms with Crippen molar-refractivity contribution in [2.75, 3.05) is 13.1 Å². The second-order valence-corrected chi connectivity index (χ2v) is 7.98. The molecule has 30 heavy (non-hydrogen) atoms. The first-order chi connectivity index (χ1) is 14.3. The number of hydrogen-bond donors (Lipinski definition) is 2. The first-order valence-corrected chi connectivity index (χ1v) is 10.4. The number of likely N-dealkylation sites (tertiary alicyclic amines) is 1. The van der Waals surface area contributed by atoms with Crippen molar-refractivity contribution in [2.45, 2.75) is 32.1 Å². The van der Waals surface area contributed by atoms with Gasteiger partial charge in [0.1, 0.15) is 12.3 Å². The Morgan fingerprint density at radius 2 is 1.97 bits per heavy atom. The Hall–Kier alpha value is -2.81. The number of benzene rings is 1. The molecule has 160 valence electrons. The summed E-state index contributed by atoms with van der Waals surface area (Å²) in [5.41, 5.74) is 0.848. The van der Waals surface area contributed by atoms with Crippen LogP contribution in [-0.4, -0.2) is 46.9 Å². The molecule has 0 aliphatic carbocycles. The summed E-state index contributed by atoms with van der Waals surface area (Å²) in [5.74, 6) is -1.38. The number of piperidine rings is 1. The first-order valence-electron chi connectivity index (χ1n) is 9.62. The molecule has 0 bridgehead atoms. The molecule has 2 amide bonds. The Morgan fingerprint density at radius 1 is 1.27 bits per heavy atom. The SMILES string of the molecule is CC(NC(=O)C1CCN(C(=O)C=CC2=COC(c3ccccc3Br)O2)CC1)C(=O)O. The van der Waals surface area contributed by atoms with E-state index >= 15 is 0 Å². The summed E-state index contributed by atoms with van der Waals surface area (Å²) in [4.78, 5) is 37.1. The fourth-order valence-electron chi connectivity index (χ4n) is 3.20. The maximum Gasteiger partial charge on any atom is 0.325 e. The second-order valence-electron chi connectivity index (χ2n) is 7.13. The van der Waals surface area contributed by atoms with Crippen molar-refractivity contribution in [3.63, 3.8) is 0 Å². The maximum absolute atomic E-state index is 12.4. The Balaban J connectivity index is 1.46. The number of ether oxygens (including phenoxy) is 2. The van der Waals surface area contributed by atoms with Crippen LogP contribution in [0.3, 0.4) is 0 Å². The summed E-state index contributed by atoms with van der Waals surface area (Å²) in [5, 5.41) is 11.4. The summed E-state index contributed by atoms with van der Waals surface area (Å²) < 4.78 is 12.1. The predicted molar refractivity (Wildman–Crippen MR) is 111 cm³/mol. The molecule has 2 aliphatic rings. The molecule has 1 aromatic carbocycles. The van der Waals surface area contributed by atoms with Gasteiger partial charge in [0, 0.05) is 35.1 Å². The number of carboxylic acids is 1. The summed E-state index contributed by atoms with van der Waals surface area (Å²) in [7, 11) is 0. The molecule has 2 atom stereocenters. The highest BCUT2D eigenvalue weighted by Crippen LogP contribution is 2.33. The van der Waals surface area contributed by atoms with Gasteiger partial charge in [-0.25, -0.2) is 0 Å². The van der Waals surface area contributed by atoms with E-state index in [1.165, 1.54) is 19.3 Å². The molecule has 2 unspecified atom stereocenters. The van der Waals surface area contributed by atoms with Gasteiger partial charge in [-0.3, -0.25) is 14.4 Å². The number of nitrogens with one attached hydrogen (secondary N) is 1. The highest BCUT2D eigenvalue weighted by Gasteiger charge is 2.28. The summed E-state index contributed by atoms with van der Waals surface area (Å²) in [6.45, 7) is 2.28. The summed E-state index contributed by atoms with van der Waals surface area (Å²) >= 11 is 3.46. The molecule has 2 heterocycles. The van der Waals surface area contributed by atoms with Crippen LogP contribution < -0.4 is 5.32 Å². The number of hydrogen-bond acceptors (Lipinski definition) is 5. The van der Waals surface area contributed by atoms with Crippen molar-refractivity contribution in [2.24, 2.45) is 5.92 Å². The number of rotatable bonds is 6. The van der Waals surface area contributed by atoms with Crippen LogP contribution in [0.25, 0.3) is 0 Å². The van der Waals surface area contributed by atoms with Crippen LogP contribution in [0.4, 0.5) is 0 Å². The minimum Gasteiger partial charge on any atom is -0.480 e. The average Bonchev–Trinajstić information content (AvgIpc) is 3.21. The van der Waals surface area contributed by atoms with Crippen molar-refractivity contribution < 1.29 is 29.0 Å². The Labute approximate surface area is 182 Å². The van der Waals surface area contributed by atoms with Crippen LogP contribution in [0.15, 0.2) is 52.9 Å². The van der Waals surface area contributed by atoms with Crippen molar-refractivity contribution in [1.82, 2.24) is 10.2 Å². The molecular formula is C21H23BrN2O6. The number of aliphatic carboxylic acids is 1. The van der Waals surface area contributed by atoms with E-state index in [0.29, 0.717) is 31.7 Å². The molecule has 1 fully saturated rings. The molecule has 3 rings (SSSR count).